The first kappa shape index (κ1) is 28.3. The number of aliphatic hydroxyl groups is 1. The quantitative estimate of drug-likeness (QED) is 0.213. The lowest BCUT2D eigenvalue weighted by Crippen LogP contribution is -2.16. The third kappa shape index (κ3) is 7.21. The molecule has 13 nitrogen and oxygen atoms in total. The fourth-order valence-corrected chi connectivity index (χ4v) is 3.71. The molecule has 4 aromatic rings. The van der Waals surface area contributed by atoms with Crippen LogP contribution in [0.4, 0.5) is 5.69 Å². The van der Waals surface area contributed by atoms with Crippen LogP contribution in [0, 0.1) is 0 Å². The molecule has 1 unspecified atom stereocenters. The van der Waals surface area contributed by atoms with Crippen molar-refractivity contribution >= 4 is 35.1 Å². The first-order chi connectivity index (χ1) is 19.2. The fourth-order valence-electron chi connectivity index (χ4n) is 3.53. The van der Waals surface area contributed by atoms with E-state index in [0.717, 1.165) is 0 Å². The molecule has 2 aromatic heterocycles. The number of carboxylic acids is 1. The van der Waals surface area contributed by atoms with Crippen molar-refractivity contribution in [2.45, 2.75) is 32.6 Å². The van der Waals surface area contributed by atoms with Crippen molar-refractivity contribution < 1.29 is 38.6 Å². The average molecular weight is 570 g/mol. The van der Waals surface area contributed by atoms with Gasteiger partial charge in [0.25, 0.3) is 0 Å². The highest BCUT2D eigenvalue weighted by atomic mass is 35.5. The Labute approximate surface area is 232 Å². The lowest BCUT2D eigenvalue weighted by molar-refractivity contribution is -0.153. The van der Waals surface area contributed by atoms with E-state index in [4.69, 9.17) is 30.7 Å². The number of carbonyl (C=O) groups excluding carboxylic acids is 2. The molecule has 0 saturated heterocycles. The van der Waals surface area contributed by atoms with Crippen molar-refractivity contribution in [3.8, 4) is 17.1 Å². The summed E-state index contributed by atoms with van der Waals surface area (Å²) in [6, 6.07) is 12.3. The van der Waals surface area contributed by atoms with Crippen LogP contribution in [-0.4, -0.2) is 54.8 Å². The molecule has 0 bridgehead atoms. The van der Waals surface area contributed by atoms with E-state index >= 15 is 0 Å². The van der Waals surface area contributed by atoms with Crippen LogP contribution < -0.4 is 10.1 Å². The Hall–Kier alpha value is -4.75. The van der Waals surface area contributed by atoms with Crippen molar-refractivity contribution in [2.24, 2.45) is 0 Å². The van der Waals surface area contributed by atoms with Crippen LogP contribution in [-0.2, 0) is 27.5 Å². The topological polar surface area (TPSA) is 179 Å². The van der Waals surface area contributed by atoms with Gasteiger partial charge in [0.2, 0.25) is 5.91 Å². The Kier molecular flexibility index (Phi) is 9.09. The first-order valence-electron chi connectivity index (χ1n) is 12.0. The van der Waals surface area contributed by atoms with E-state index < -0.39 is 18.0 Å². The number of halogens is 1. The molecule has 0 aliphatic heterocycles. The molecule has 0 aliphatic carbocycles. The maximum Gasteiger partial charge on any atom is 0.358 e. The van der Waals surface area contributed by atoms with Crippen molar-refractivity contribution in [3.63, 3.8) is 0 Å². The second-order valence-corrected chi connectivity index (χ2v) is 8.79. The Balaban J connectivity index is 1.29. The molecule has 0 fully saturated rings. The van der Waals surface area contributed by atoms with Gasteiger partial charge in [-0.05, 0) is 42.8 Å². The van der Waals surface area contributed by atoms with Gasteiger partial charge in [0, 0.05) is 23.2 Å². The normalized spacial score (nSPS) is 11.6. The summed E-state index contributed by atoms with van der Waals surface area (Å²) in [5, 5.41) is 33.8. The average Bonchev–Trinajstić information content (AvgIpc) is 3.62. The summed E-state index contributed by atoms with van der Waals surface area (Å²) in [5.74, 6) is -1.70. The molecule has 1 amide bonds. The molecule has 0 spiro atoms. The Morgan fingerprint density at radius 1 is 1.15 bits per heavy atom. The molecule has 0 saturated carbocycles. The summed E-state index contributed by atoms with van der Waals surface area (Å²) in [7, 11) is 0. The minimum Gasteiger partial charge on any atom is -0.486 e. The zero-order chi connectivity index (χ0) is 28.6. The van der Waals surface area contributed by atoms with E-state index in [2.05, 4.69) is 20.8 Å². The molecule has 0 aliphatic rings. The molecule has 4 rings (SSSR count). The number of anilines is 1. The van der Waals surface area contributed by atoms with Gasteiger partial charge in [-0.1, -0.05) is 34.1 Å². The van der Waals surface area contributed by atoms with Gasteiger partial charge in [-0.2, -0.15) is 0 Å². The van der Waals surface area contributed by atoms with Gasteiger partial charge in [0.05, 0.1) is 24.9 Å². The summed E-state index contributed by atoms with van der Waals surface area (Å²) >= 11 is 6.09. The van der Waals surface area contributed by atoms with E-state index in [9.17, 15) is 19.5 Å². The molecular weight excluding hydrogens is 546 g/mol. The maximum atomic E-state index is 12.4. The van der Waals surface area contributed by atoms with Gasteiger partial charge < -0.3 is 29.5 Å². The van der Waals surface area contributed by atoms with E-state index in [0.29, 0.717) is 33.3 Å². The molecule has 40 heavy (non-hydrogen) atoms. The predicted octanol–water partition coefficient (Wildman–Crippen LogP) is 3.49. The summed E-state index contributed by atoms with van der Waals surface area (Å²) in [6.07, 6.45) is 0.342. The number of benzene rings is 2. The molecule has 2 aromatic carbocycles. The van der Waals surface area contributed by atoms with Gasteiger partial charge in [-0.15, -0.1) is 5.10 Å². The molecule has 0 radical (unpaired) electrons. The number of amides is 1. The molecule has 14 heteroatoms. The third-order valence-corrected chi connectivity index (χ3v) is 5.72. The van der Waals surface area contributed by atoms with Crippen LogP contribution in [0.5, 0.6) is 5.75 Å². The lowest BCUT2D eigenvalue weighted by Gasteiger charge is -2.11. The standard InChI is InChI=1S/C26H24ClN5O8/c1-2-38-26(37)24(34)15-3-6-17(7-4-15)28-23(33)9-10-32-13-18(29-31-32)14-39-21-8-5-16(27)11-19(21)22-12-20(25(35)36)30-40-22/h3-8,11-13,24,34H,2,9-10,14H2,1H3,(H,28,33)(H,35,36). The van der Waals surface area contributed by atoms with E-state index in [-0.39, 0.29) is 43.5 Å². The fraction of sp³-hybridized carbons (Fsp3) is 0.231. The first-order valence-corrected chi connectivity index (χ1v) is 12.4. The number of carboxylic acid groups (broad SMARTS) is 1. The number of aromatic nitrogens is 4. The van der Waals surface area contributed by atoms with Gasteiger partial charge in [-0.3, -0.25) is 9.48 Å². The smallest absolute Gasteiger partial charge is 0.358 e. The minimum atomic E-state index is -1.39. The number of aryl methyl sites for hydroxylation is 1. The Bertz CT molecular complexity index is 1500. The van der Waals surface area contributed by atoms with Gasteiger partial charge in [0.1, 0.15) is 18.1 Å². The van der Waals surface area contributed by atoms with Crippen molar-refractivity contribution in [2.75, 3.05) is 11.9 Å². The van der Waals surface area contributed by atoms with Crippen LogP contribution in [0.2, 0.25) is 5.02 Å². The number of carbonyl (C=O) groups is 3. The number of ether oxygens (including phenoxy) is 2. The third-order valence-electron chi connectivity index (χ3n) is 5.49. The van der Waals surface area contributed by atoms with Crippen LogP contribution in [0.3, 0.4) is 0 Å². The summed E-state index contributed by atoms with van der Waals surface area (Å²) < 4.78 is 17.3. The molecule has 1 atom stereocenters. The van der Waals surface area contributed by atoms with Crippen LogP contribution >= 0.6 is 11.6 Å². The zero-order valence-electron chi connectivity index (χ0n) is 21.1. The number of aromatic carboxylic acids is 1. The number of hydrogen-bond donors (Lipinski definition) is 3. The largest absolute Gasteiger partial charge is 0.486 e. The maximum absolute atomic E-state index is 12.4. The number of aliphatic hydroxyl groups excluding tert-OH is 1. The van der Waals surface area contributed by atoms with E-state index in [1.165, 1.54) is 22.9 Å². The number of nitrogens with zero attached hydrogens (tertiary/aromatic N) is 4. The zero-order valence-corrected chi connectivity index (χ0v) is 21.9. The van der Waals surface area contributed by atoms with Crippen LogP contribution in [0.1, 0.15) is 41.2 Å². The van der Waals surface area contributed by atoms with E-state index in [1.54, 1.807) is 43.5 Å². The monoisotopic (exact) mass is 569 g/mol. The SMILES string of the molecule is CCOC(=O)C(O)c1ccc(NC(=O)CCn2cc(COc3ccc(Cl)cc3-c3cc(C(=O)O)no3)nn2)cc1. The summed E-state index contributed by atoms with van der Waals surface area (Å²) in [4.78, 5) is 35.2. The molecule has 3 N–H and O–H groups in total. The highest BCUT2D eigenvalue weighted by Gasteiger charge is 2.19. The number of hydrogen-bond acceptors (Lipinski definition) is 10. The Morgan fingerprint density at radius 3 is 2.62 bits per heavy atom. The van der Waals surface area contributed by atoms with Gasteiger partial charge in [0.15, 0.2) is 17.6 Å². The summed E-state index contributed by atoms with van der Waals surface area (Å²) in [6.45, 7) is 2.09. The molecule has 208 valence electrons. The van der Waals surface area contributed by atoms with Gasteiger partial charge in [-0.25, -0.2) is 9.59 Å². The van der Waals surface area contributed by atoms with Gasteiger partial charge >= 0.3 is 11.9 Å². The van der Waals surface area contributed by atoms with Crippen LogP contribution in [0.25, 0.3) is 11.3 Å². The van der Waals surface area contributed by atoms with Crippen molar-refractivity contribution in [1.29, 1.82) is 0 Å². The Morgan fingerprint density at radius 2 is 1.93 bits per heavy atom. The minimum absolute atomic E-state index is 0.0325. The second kappa shape index (κ2) is 12.9. The highest BCUT2D eigenvalue weighted by Crippen LogP contribution is 2.33. The van der Waals surface area contributed by atoms with Crippen molar-refractivity contribution in [1.82, 2.24) is 20.2 Å². The van der Waals surface area contributed by atoms with E-state index in [1.807, 2.05) is 0 Å². The lowest BCUT2D eigenvalue weighted by atomic mass is 10.1. The van der Waals surface area contributed by atoms with Crippen molar-refractivity contribution in [3.05, 3.63) is 76.7 Å². The molecule has 2 heterocycles. The second-order valence-electron chi connectivity index (χ2n) is 8.36. The molecular formula is C26H24ClN5O8. The number of nitrogens with one attached hydrogen (secondary N) is 1. The number of esters is 1. The highest BCUT2D eigenvalue weighted by molar-refractivity contribution is 6.31. The van der Waals surface area contributed by atoms with Crippen LogP contribution in [0.15, 0.2) is 59.3 Å². The predicted molar refractivity (Wildman–Crippen MR) is 140 cm³/mol. The number of rotatable bonds is 12. The summed E-state index contributed by atoms with van der Waals surface area (Å²) in [5.41, 5.74) is 1.50.